The number of carbonyl (C=O) groups excluding carboxylic acids is 3. The van der Waals surface area contributed by atoms with Crippen molar-refractivity contribution in [2.75, 3.05) is 38.2 Å². The number of carbonyl (C=O) groups is 3. The number of imide groups is 1. The Balaban J connectivity index is 1.57. The molecule has 2 saturated heterocycles. The Morgan fingerprint density at radius 2 is 1.72 bits per heavy atom. The Kier molecular flexibility index (Phi) is 6.02. The number of benzene rings is 1. The van der Waals surface area contributed by atoms with E-state index < -0.39 is 10.0 Å². The largest absolute Gasteiger partial charge is 0.495 e. The average molecular weight is 461 g/mol. The Hall–Kier alpha value is -3.18. The molecule has 0 saturated carbocycles. The third-order valence-corrected chi connectivity index (χ3v) is 7.48. The van der Waals surface area contributed by atoms with E-state index in [2.05, 4.69) is 0 Å². The van der Waals surface area contributed by atoms with Crippen LogP contribution in [0.3, 0.4) is 0 Å². The monoisotopic (exact) mass is 461 g/mol. The molecule has 11 heteroatoms. The zero-order chi connectivity index (χ0) is 22.9. The second-order valence-electron chi connectivity index (χ2n) is 7.49. The van der Waals surface area contributed by atoms with Gasteiger partial charge in [-0.15, -0.1) is 0 Å². The summed E-state index contributed by atoms with van der Waals surface area (Å²) in [4.78, 5) is 39.5. The van der Waals surface area contributed by atoms with E-state index in [1.54, 1.807) is 12.1 Å². The molecule has 0 atom stereocenters. The zero-order valence-electron chi connectivity index (χ0n) is 17.5. The highest BCUT2D eigenvalue weighted by Gasteiger charge is 2.35. The summed E-state index contributed by atoms with van der Waals surface area (Å²) >= 11 is 0. The molecule has 2 aliphatic rings. The zero-order valence-corrected chi connectivity index (χ0v) is 18.3. The molecule has 2 fully saturated rings. The number of hydrogen-bond acceptors (Lipinski definition) is 7. The summed E-state index contributed by atoms with van der Waals surface area (Å²) in [5.74, 6) is -0.709. The molecule has 3 amide bonds. The quantitative estimate of drug-likeness (QED) is 0.619. The minimum atomic E-state index is -4.01. The second-order valence-corrected chi connectivity index (χ2v) is 9.39. The number of methoxy groups -OCH3 is 1. The normalized spacial score (nSPS) is 18.2. The molecule has 2 aliphatic heterocycles. The molecular formula is C21H23N3O7S. The van der Waals surface area contributed by atoms with Gasteiger partial charge in [0.15, 0.2) is 5.76 Å². The van der Waals surface area contributed by atoms with Crippen molar-refractivity contribution in [3.8, 4) is 5.75 Å². The number of nitrogens with zero attached hydrogens (tertiary/aromatic N) is 3. The number of sulfonamides is 1. The lowest BCUT2D eigenvalue weighted by molar-refractivity contribution is -0.129. The molecule has 0 spiro atoms. The summed E-state index contributed by atoms with van der Waals surface area (Å²) in [6, 6.07) is 7.42. The first-order valence-corrected chi connectivity index (χ1v) is 11.6. The van der Waals surface area contributed by atoms with Crippen molar-refractivity contribution in [3.63, 3.8) is 0 Å². The maximum atomic E-state index is 13.4. The fraction of sp³-hybridized carbons (Fsp3) is 0.381. The van der Waals surface area contributed by atoms with Crippen LogP contribution in [0.1, 0.15) is 29.8 Å². The number of rotatable bonds is 5. The molecule has 3 heterocycles. The molecule has 0 unspecified atom stereocenters. The van der Waals surface area contributed by atoms with Crippen LogP contribution in [0.4, 0.5) is 5.69 Å². The molecule has 2 aromatic rings. The van der Waals surface area contributed by atoms with Crippen LogP contribution < -0.4 is 9.64 Å². The van der Waals surface area contributed by atoms with E-state index in [0.717, 1.165) is 4.90 Å². The Bertz CT molecular complexity index is 1120. The topological polar surface area (TPSA) is 117 Å². The molecule has 0 N–H and O–H groups in total. The third-order valence-electron chi connectivity index (χ3n) is 5.56. The van der Waals surface area contributed by atoms with Gasteiger partial charge in [0.05, 0.1) is 19.1 Å². The molecule has 0 aliphatic carbocycles. The smallest absolute Gasteiger partial charge is 0.289 e. The van der Waals surface area contributed by atoms with Gasteiger partial charge in [-0.25, -0.2) is 8.42 Å². The van der Waals surface area contributed by atoms with E-state index in [1.807, 2.05) is 0 Å². The molecule has 1 aromatic carbocycles. The van der Waals surface area contributed by atoms with E-state index in [-0.39, 0.29) is 78.8 Å². The van der Waals surface area contributed by atoms with Crippen LogP contribution >= 0.6 is 0 Å². The van der Waals surface area contributed by atoms with E-state index >= 15 is 0 Å². The molecule has 32 heavy (non-hydrogen) atoms. The van der Waals surface area contributed by atoms with Crippen LogP contribution in [-0.4, -0.2) is 68.6 Å². The van der Waals surface area contributed by atoms with Gasteiger partial charge < -0.3 is 14.1 Å². The van der Waals surface area contributed by atoms with Crippen molar-refractivity contribution in [1.29, 1.82) is 0 Å². The van der Waals surface area contributed by atoms with Gasteiger partial charge in [0.2, 0.25) is 21.8 Å². The number of hydrogen-bond donors (Lipinski definition) is 0. The standard InChI is InChI=1S/C21H23N3O7S/c1-30-16-8-7-15(24-19(25)5-2-6-20(24)26)14-18(16)32(28,29)23-11-9-22(10-12-23)21(27)17-4-3-13-31-17/h3-4,7-8,13-14H,2,5-6,9-12H2,1H3. The first-order valence-electron chi connectivity index (χ1n) is 10.2. The van der Waals surface area contributed by atoms with E-state index in [9.17, 15) is 22.8 Å². The van der Waals surface area contributed by atoms with Crippen molar-refractivity contribution < 1.29 is 32.0 Å². The summed E-state index contributed by atoms with van der Waals surface area (Å²) in [6.07, 6.45) is 2.35. The van der Waals surface area contributed by atoms with E-state index in [4.69, 9.17) is 9.15 Å². The predicted molar refractivity (Wildman–Crippen MR) is 113 cm³/mol. The minimum absolute atomic E-state index is 0.0870. The SMILES string of the molecule is COc1ccc(N2C(=O)CCCC2=O)cc1S(=O)(=O)N1CCN(C(=O)c2ccco2)CC1. The third kappa shape index (κ3) is 4.00. The van der Waals surface area contributed by atoms with E-state index in [0.29, 0.717) is 6.42 Å². The van der Waals surface area contributed by atoms with Gasteiger partial charge in [-0.2, -0.15) is 4.31 Å². The number of anilines is 1. The van der Waals surface area contributed by atoms with Crippen molar-refractivity contribution in [1.82, 2.24) is 9.21 Å². The minimum Gasteiger partial charge on any atom is -0.495 e. The van der Waals surface area contributed by atoms with Crippen LogP contribution in [0.15, 0.2) is 45.9 Å². The van der Waals surface area contributed by atoms with Gasteiger partial charge in [0.1, 0.15) is 10.6 Å². The van der Waals surface area contributed by atoms with Crippen molar-refractivity contribution in [2.45, 2.75) is 24.2 Å². The number of ether oxygens (including phenoxy) is 1. The van der Waals surface area contributed by atoms with Crippen molar-refractivity contribution >= 4 is 33.4 Å². The number of piperidine rings is 1. The average Bonchev–Trinajstić information content (AvgIpc) is 3.33. The number of furan rings is 1. The maximum Gasteiger partial charge on any atom is 0.289 e. The molecule has 170 valence electrons. The maximum absolute atomic E-state index is 13.4. The summed E-state index contributed by atoms with van der Waals surface area (Å²) in [6.45, 7) is 0.571. The van der Waals surface area contributed by atoms with Gasteiger partial charge in [-0.1, -0.05) is 0 Å². The molecule has 0 radical (unpaired) electrons. The van der Waals surface area contributed by atoms with Crippen molar-refractivity contribution in [3.05, 3.63) is 42.4 Å². The van der Waals surface area contributed by atoms with Crippen LogP contribution in [0, 0.1) is 0 Å². The van der Waals surface area contributed by atoms with Crippen molar-refractivity contribution in [2.24, 2.45) is 0 Å². The molecule has 4 rings (SSSR count). The highest BCUT2D eigenvalue weighted by molar-refractivity contribution is 7.89. The van der Waals surface area contributed by atoms with Gasteiger partial charge in [0.25, 0.3) is 5.91 Å². The lowest BCUT2D eigenvalue weighted by Gasteiger charge is -2.34. The summed E-state index contributed by atoms with van der Waals surface area (Å²) in [5.41, 5.74) is 0.200. The number of amides is 3. The Morgan fingerprint density at radius 3 is 2.31 bits per heavy atom. The first kappa shape index (κ1) is 22.0. The lowest BCUT2D eigenvalue weighted by Crippen LogP contribution is -2.50. The van der Waals surface area contributed by atoms with Crippen LogP contribution in [0.5, 0.6) is 5.75 Å². The fourth-order valence-electron chi connectivity index (χ4n) is 3.87. The van der Waals surface area contributed by atoms with Gasteiger partial charge in [0, 0.05) is 39.0 Å². The number of piperazine rings is 1. The molecular weight excluding hydrogens is 438 g/mol. The van der Waals surface area contributed by atoms with Gasteiger partial charge >= 0.3 is 0 Å². The summed E-state index contributed by atoms with van der Waals surface area (Å²) < 4.78 is 38.5. The Morgan fingerprint density at radius 1 is 1.03 bits per heavy atom. The van der Waals surface area contributed by atoms with E-state index in [1.165, 1.54) is 40.8 Å². The lowest BCUT2D eigenvalue weighted by atomic mass is 10.1. The fourth-order valence-corrected chi connectivity index (χ4v) is 5.47. The summed E-state index contributed by atoms with van der Waals surface area (Å²) in [7, 11) is -2.65. The Labute approximate surface area is 185 Å². The highest BCUT2D eigenvalue weighted by Crippen LogP contribution is 2.33. The van der Waals surface area contributed by atoms with Gasteiger partial charge in [-0.05, 0) is 36.8 Å². The van der Waals surface area contributed by atoms with Crippen LogP contribution in [0.25, 0.3) is 0 Å². The van der Waals surface area contributed by atoms with Crippen LogP contribution in [-0.2, 0) is 19.6 Å². The first-order chi connectivity index (χ1) is 15.3. The molecule has 0 bridgehead atoms. The highest BCUT2D eigenvalue weighted by atomic mass is 32.2. The van der Waals surface area contributed by atoms with Crippen LogP contribution in [0.2, 0.25) is 0 Å². The summed E-state index contributed by atoms with van der Waals surface area (Å²) in [5, 5.41) is 0. The molecule has 10 nitrogen and oxygen atoms in total. The molecule has 1 aromatic heterocycles. The second kappa shape index (κ2) is 8.75. The van der Waals surface area contributed by atoms with Gasteiger partial charge in [-0.3, -0.25) is 19.3 Å². The predicted octanol–water partition coefficient (Wildman–Crippen LogP) is 1.48.